The van der Waals surface area contributed by atoms with Gasteiger partial charge in [-0.15, -0.1) is 0 Å². The van der Waals surface area contributed by atoms with E-state index in [2.05, 4.69) is 97.1 Å². The van der Waals surface area contributed by atoms with Crippen molar-refractivity contribution in [3.05, 3.63) is 97.1 Å². The Labute approximate surface area is 200 Å². The van der Waals surface area contributed by atoms with Crippen molar-refractivity contribution in [1.82, 2.24) is 0 Å². The first-order valence-electron chi connectivity index (χ1n) is 8.63. The Hall–Kier alpha value is -2.40. The fourth-order valence-corrected chi connectivity index (χ4v) is 2.27. The number of carboxylic acid groups (broad SMARTS) is 2. The Morgan fingerprint density at radius 3 is 0.690 bits per heavy atom. The topological polar surface area (TPSA) is 80.3 Å². The van der Waals surface area contributed by atoms with E-state index < -0.39 is 11.9 Å². The van der Waals surface area contributed by atoms with Gasteiger partial charge in [0.2, 0.25) is 0 Å². The Kier molecular flexibility index (Phi) is 14.2. The largest absolute Gasteiger partial charge is 2.00 e. The zero-order valence-electron chi connectivity index (χ0n) is 16.6. The molecule has 4 aromatic carbocycles. The third-order valence-electron chi connectivity index (χ3n) is 3.32. The molecule has 0 aliphatic heterocycles. The van der Waals surface area contributed by atoms with Crippen LogP contribution in [0.5, 0.6) is 0 Å². The number of hydrogen-bond acceptors (Lipinski definition) is 4. The molecular weight excluding hydrogens is 392 g/mol. The van der Waals surface area contributed by atoms with E-state index in [0.29, 0.717) is 0 Å². The quantitative estimate of drug-likeness (QED) is 0.415. The van der Waals surface area contributed by atoms with Gasteiger partial charge in [0, 0.05) is 11.9 Å². The van der Waals surface area contributed by atoms with Crippen LogP contribution in [0.4, 0.5) is 0 Å². The van der Waals surface area contributed by atoms with Gasteiger partial charge in [0.1, 0.15) is 0 Å². The predicted molar refractivity (Wildman–Crippen MR) is 115 cm³/mol. The van der Waals surface area contributed by atoms with Crippen LogP contribution in [-0.2, 0) is 9.59 Å². The maximum Gasteiger partial charge on any atom is 2.00 e. The summed E-state index contributed by atoms with van der Waals surface area (Å²) in [4.78, 5) is 17.8. The van der Waals surface area contributed by atoms with E-state index in [-0.39, 0.29) is 37.7 Å². The first-order chi connectivity index (χ1) is 13.4. The summed E-state index contributed by atoms with van der Waals surface area (Å²) in [7, 11) is 0. The second-order valence-corrected chi connectivity index (χ2v) is 5.68. The van der Waals surface area contributed by atoms with E-state index in [0.717, 1.165) is 13.8 Å². The van der Waals surface area contributed by atoms with Crippen molar-refractivity contribution in [2.24, 2.45) is 0 Å². The molecular formula is C24H22CaO4. The molecule has 0 radical (unpaired) electrons. The summed E-state index contributed by atoms with van der Waals surface area (Å²) < 4.78 is 0. The number of aliphatic carboxylic acids is 2. The molecule has 0 aliphatic carbocycles. The van der Waals surface area contributed by atoms with Crippen molar-refractivity contribution in [3.63, 3.8) is 0 Å². The van der Waals surface area contributed by atoms with Gasteiger partial charge in [0.05, 0.1) is 0 Å². The normalized spacial score (nSPS) is 8.62. The molecule has 0 amide bonds. The number of carbonyl (C=O) groups excluding carboxylic acids is 2. The Morgan fingerprint density at radius 1 is 0.483 bits per heavy atom. The summed E-state index contributed by atoms with van der Waals surface area (Å²) >= 11 is 0. The molecule has 4 aromatic rings. The van der Waals surface area contributed by atoms with E-state index in [1.807, 2.05) is 0 Å². The molecule has 0 aromatic heterocycles. The Balaban J connectivity index is 0.000000391. The molecule has 0 atom stereocenters. The van der Waals surface area contributed by atoms with E-state index in [1.54, 1.807) is 0 Å². The second kappa shape index (κ2) is 15.5. The van der Waals surface area contributed by atoms with Gasteiger partial charge >= 0.3 is 37.7 Å². The van der Waals surface area contributed by atoms with Crippen molar-refractivity contribution in [3.8, 4) is 0 Å². The molecule has 29 heavy (non-hydrogen) atoms. The number of hydrogen-bond donors (Lipinski definition) is 0. The van der Waals surface area contributed by atoms with Crippen LogP contribution < -0.4 is 10.2 Å². The van der Waals surface area contributed by atoms with Gasteiger partial charge in [-0.05, 0) is 35.4 Å². The average molecular weight is 415 g/mol. The number of carbonyl (C=O) groups is 2. The third kappa shape index (κ3) is 12.6. The first kappa shape index (κ1) is 26.6. The third-order valence-corrected chi connectivity index (χ3v) is 3.32. The zero-order valence-corrected chi connectivity index (χ0v) is 18.8. The summed E-state index contributed by atoms with van der Waals surface area (Å²) in [5.41, 5.74) is 0. The van der Waals surface area contributed by atoms with Crippen molar-refractivity contribution < 1.29 is 19.8 Å². The molecule has 0 saturated carbocycles. The maximum atomic E-state index is 8.89. The number of benzene rings is 4. The minimum atomic E-state index is -1.08. The van der Waals surface area contributed by atoms with Gasteiger partial charge in [-0.2, -0.15) is 0 Å². The van der Waals surface area contributed by atoms with Gasteiger partial charge in [-0.25, -0.2) is 0 Å². The molecule has 4 rings (SSSR count). The van der Waals surface area contributed by atoms with Gasteiger partial charge in [-0.3, -0.25) is 0 Å². The van der Waals surface area contributed by atoms with Crippen LogP contribution in [0, 0.1) is 0 Å². The predicted octanol–water partition coefficient (Wildman–Crippen LogP) is 2.81. The van der Waals surface area contributed by atoms with Crippen LogP contribution in [0.2, 0.25) is 0 Å². The smallest absolute Gasteiger partial charge is 0.550 e. The van der Waals surface area contributed by atoms with Crippen LogP contribution in [0.1, 0.15) is 13.8 Å². The molecule has 5 heteroatoms. The Bertz CT molecular complexity index is 793. The first-order valence-corrected chi connectivity index (χ1v) is 8.63. The number of carboxylic acids is 2. The number of rotatable bonds is 0. The molecule has 144 valence electrons. The summed E-state index contributed by atoms with van der Waals surface area (Å²) in [5, 5.41) is 23.0. The van der Waals surface area contributed by atoms with Crippen LogP contribution >= 0.6 is 0 Å². The summed E-state index contributed by atoms with van der Waals surface area (Å²) in [5.74, 6) is -2.17. The monoisotopic (exact) mass is 414 g/mol. The molecule has 4 nitrogen and oxygen atoms in total. The summed E-state index contributed by atoms with van der Waals surface area (Å²) in [6.45, 7) is 1.94. The molecule has 0 N–H and O–H groups in total. The van der Waals surface area contributed by atoms with E-state index >= 15 is 0 Å². The molecule has 0 bridgehead atoms. The van der Waals surface area contributed by atoms with Crippen molar-refractivity contribution >= 4 is 71.2 Å². The molecule has 0 fully saturated rings. The number of fused-ring (bicyclic) bond motifs is 2. The SMILES string of the molecule is CC(=O)[O-].CC(=O)[O-].[Ca+2].c1ccc2ccccc2c1.c1ccc2ccccc2c1. The van der Waals surface area contributed by atoms with E-state index in [1.165, 1.54) is 21.5 Å². The average Bonchev–Trinajstić information content (AvgIpc) is 2.68. The van der Waals surface area contributed by atoms with E-state index in [4.69, 9.17) is 19.8 Å². The standard InChI is InChI=1S/2C10H8.2C2H4O2.Ca/c2*1-2-6-10-8-4-3-7-9(10)5-1;2*1-2(3)4;/h2*1-8H;2*1H3,(H,3,4);/q;;;;+2/p-2. The van der Waals surface area contributed by atoms with Crippen molar-refractivity contribution in [2.75, 3.05) is 0 Å². The summed E-state index contributed by atoms with van der Waals surface area (Å²) in [6.07, 6.45) is 0. The van der Waals surface area contributed by atoms with Crippen LogP contribution in [0.3, 0.4) is 0 Å². The second-order valence-electron chi connectivity index (χ2n) is 5.68. The minimum Gasteiger partial charge on any atom is -0.550 e. The van der Waals surface area contributed by atoms with Gasteiger partial charge in [0.25, 0.3) is 0 Å². The van der Waals surface area contributed by atoms with Gasteiger partial charge < -0.3 is 19.8 Å². The van der Waals surface area contributed by atoms with Crippen molar-refractivity contribution in [1.29, 1.82) is 0 Å². The molecule has 0 unspecified atom stereocenters. The molecule has 0 spiro atoms. The van der Waals surface area contributed by atoms with Crippen LogP contribution in [0.25, 0.3) is 21.5 Å². The molecule has 0 aliphatic rings. The van der Waals surface area contributed by atoms with Gasteiger partial charge in [0.15, 0.2) is 0 Å². The Morgan fingerprint density at radius 2 is 0.586 bits per heavy atom. The maximum absolute atomic E-state index is 8.89. The van der Waals surface area contributed by atoms with Crippen LogP contribution in [-0.4, -0.2) is 49.7 Å². The fourth-order valence-electron chi connectivity index (χ4n) is 2.27. The summed E-state index contributed by atoms with van der Waals surface area (Å²) in [6, 6.07) is 33.4. The van der Waals surface area contributed by atoms with Crippen molar-refractivity contribution in [2.45, 2.75) is 13.8 Å². The van der Waals surface area contributed by atoms with E-state index in [9.17, 15) is 0 Å². The fraction of sp³-hybridized carbons (Fsp3) is 0.0833. The molecule has 0 heterocycles. The van der Waals surface area contributed by atoms with Gasteiger partial charge in [-0.1, -0.05) is 97.1 Å². The minimum absolute atomic E-state index is 0. The zero-order chi connectivity index (χ0) is 20.8. The van der Waals surface area contributed by atoms with Crippen LogP contribution in [0.15, 0.2) is 97.1 Å². The molecule has 0 saturated heterocycles.